The predicted octanol–water partition coefficient (Wildman–Crippen LogP) is 0.778. The van der Waals surface area contributed by atoms with Crippen molar-refractivity contribution in [1.82, 2.24) is 0 Å². The van der Waals surface area contributed by atoms with E-state index >= 15 is 0 Å². The second kappa shape index (κ2) is 7.03. The third kappa shape index (κ3) is 7.48. The van der Waals surface area contributed by atoms with E-state index in [1.54, 1.807) is 19.1 Å². The lowest BCUT2D eigenvalue weighted by molar-refractivity contribution is -0.305. The highest BCUT2D eigenvalue weighted by molar-refractivity contribution is 7.85. The summed E-state index contributed by atoms with van der Waals surface area (Å²) in [6.45, 7) is 3.64. The molecule has 0 fully saturated rings. The third-order valence-electron chi connectivity index (χ3n) is 1.77. The van der Waals surface area contributed by atoms with Gasteiger partial charge in [0.15, 0.2) is 0 Å². The van der Waals surface area contributed by atoms with Crippen molar-refractivity contribution in [3.05, 3.63) is 29.8 Å². The maximum Gasteiger partial charge on any atom is 0.294 e. The van der Waals surface area contributed by atoms with Gasteiger partial charge in [-0.3, -0.25) is 4.55 Å². The van der Waals surface area contributed by atoms with Crippen LogP contribution in [0.25, 0.3) is 0 Å². The molecule has 0 saturated heterocycles. The van der Waals surface area contributed by atoms with E-state index < -0.39 is 16.1 Å². The fraction of sp³-hybridized carbons (Fsp3) is 0.364. The molecule has 0 aliphatic heterocycles. The molecule has 17 heavy (non-hydrogen) atoms. The molecule has 0 atom stereocenters. The molecule has 0 aliphatic carbocycles. The molecule has 1 N–H and O–H groups in total. The van der Waals surface area contributed by atoms with E-state index in [-0.39, 0.29) is 11.3 Å². The van der Waals surface area contributed by atoms with Crippen molar-refractivity contribution in [2.75, 3.05) is 0 Å². The highest BCUT2D eigenvalue weighted by atomic mass is 32.2. The first-order valence-corrected chi connectivity index (χ1v) is 6.45. The fourth-order valence-corrected chi connectivity index (χ4v) is 1.39. The Balaban J connectivity index is 0.000000366. The number of carbonyl (C=O) groups is 1. The molecule has 0 saturated carbocycles. The number of aryl methyl sites for hydroxylation is 1. The van der Waals surface area contributed by atoms with Crippen LogP contribution in [-0.2, 0) is 14.9 Å². The molecule has 1 aromatic carbocycles. The van der Waals surface area contributed by atoms with Crippen LogP contribution >= 0.6 is 0 Å². The number of carbonyl (C=O) groups excluding carboxylic acids is 1. The minimum Gasteiger partial charge on any atom is -0.550 e. The molecule has 0 heterocycles. The normalized spacial score (nSPS) is 10.3. The third-order valence-corrected chi connectivity index (χ3v) is 2.64. The van der Waals surface area contributed by atoms with E-state index in [0.717, 1.165) is 5.56 Å². The Bertz CT molecular complexity index is 447. The summed E-state index contributed by atoms with van der Waals surface area (Å²) in [5.41, 5.74) is 0.956. The first kappa shape index (κ1) is 15.6. The van der Waals surface area contributed by atoms with Crippen LogP contribution in [0.5, 0.6) is 0 Å². The van der Waals surface area contributed by atoms with Gasteiger partial charge in [0.05, 0.1) is 4.90 Å². The van der Waals surface area contributed by atoms with Crippen LogP contribution in [0, 0.1) is 6.92 Å². The van der Waals surface area contributed by atoms with Gasteiger partial charge < -0.3 is 9.90 Å². The van der Waals surface area contributed by atoms with E-state index in [4.69, 9.17) is 4.55 Å². The van der Waals surface area contributed by atoms with E-state index in [1.165, 1.54) is 12.1 Å². The maximum absolute atomic E-state index is 10.5. The predicted molar refractivity (Wildman–Crippen MR) is 60.9 cm³/mol. The Morgan fingerprint density at radius 3 is 2.00 bits per heavy atom. The summed E-state index contributed by atoms with van der Waals surface area (Å²) in [6.07, 6.45) is 0.850. The van der Waals surface area contributed by atoms with Gasteiger partial charge in [0.25, 0.3) is 10.1 Å². The van der Waals surface area contributed by atoms with E-state index in [1.807, 2.05) is 6.92 Å². The Morgan fingerprint density at radius 1 is 1.29 bits per heavy atom. The SMILES string of the molecule is CCCC(=O)[O-].Cc1ccc(S(=O)(=O)O)cc1. The van der Waals surface area contributed by atoms with Gasteiger partial charge in [-0.1, -0.05) is 31.0 Å². The Labute approximate surface area is 101 Å². The number of benzene rings is 1. The minimum absolute atomic E-state index is 0.0666. The van der Waals surface area contributed by atoms with E-state index in [9.17, 15) is 18.3 Å². The van der Waals surface area contributed by atoms with Gasteiger partial charge in [-0.25, -0.2) is 0 Å². The fourth-order valence-electron chi connectivity index (χ4n) is 0.914. The molecule has 1 rings (SSSR count). The zero-order chi connectivity index (χ0) is 13.5. The Hall–Kier alpha value is -1.40. The highest BCUT2D eigenvalue weighted by Gasteiger charge is 2.06. The monoisotopic (exact) mass is 259 g/mol. The number of hydrogen-bond acceptors (Lipinski definition) is 4. The number of rotatable bonds is 3. The number of hydrogen-bond donors (Lipinski definition) is 1. The molecule has 5 nitrogen and oxygen atoms in total. The summed E-state index contributed by atoms with van der Waals surface area (Å²) in [4.78, 5) is 9.42. The molecule has 0 radical (unpaired) electrons. The van der Waals surface area contributed by atoms with Crippen LogP contribution in [0.1, 0.15) is 25.3 Å². The lowest BCUT2D eigenvalue weighted by atomic mass is 10.2. The molecular formula is C11H15O5S-. The largest absolute Gasteiger partial charge is 0.550 e. The summed E-state index contributed by atoms with van der Waals surface area (Å²) in [5.74, 6) is -0.961. The molecule has 0 unspecified atom stereocenters. The molecule has 0 spiro atoms. The number of carboxylic acids is 1. The van der Waals surface area contributed by atoms with E-state index in [2.05, 4.69) is 0 Å². The lowest BCUT2D eigenvalue weighted by Crippen LogP contribution is -2.20. The second-order valence-electron chi connectivity index (χ2n) is 3.41. The van der Waals surface area contributed by atoms with Gasteiger partial charge in [-0.15, -0.1) is 0 Å². The molecule has 96 valence electrons. The summed E-state index contributed by atoms with van der Waals surface area (Å²) in [5, 5.41) is 9.49. The Kier molecular flexibility index (Phi) is 6.45. The van der Waals surface area contributed by atoms with Gasteiger partial charge >= 0.3 is 0 Å². The van der Waals surface area contributed by atoms with Crippen LogP contribution in [0.4, 0.5) is 0 Å². The number of aliphatic carboxylic acids is 1. The molecular weight excluding hydrogens is 244 g/mol. The second-order valence-corrected chi connectivity index (χ2v) is 4.83. The molecule has 6 heteroatoms. The highest BCUT2D eigenvalue weighted by Crippen LogP contribution is 2.08. The van der Waals surface area contributed by atoms with Crippen molar-refractivity contribution in [1.29, 1.82) is 0 Å². The van der Waals surface area contributed by atoms with Crippen molar-refractivity contribution in [2.24, 2.45) is 0 Å². The number of carboxylic acid groups (broad SMARTS) is 1. The average Bonchev–Trinajstić information content (AvgIpc) is 2.17. The van der Waals surface area contributed by atoms with Crippen LogP contribution in [0.3, 0.4) is 0 Å². The van der Waals surface area contributed by atoms with Crippen molar-refractivity contribution in [2.45, 2.75) is 31.6 Å². The standard InChI is InChI=1S/C7H8O3S.C4H8O2/c1-6-2-4-7(5-3-6)11(8,9)10;1-2-3-4(5)6/h2-5H,1H3,(H,8,9,10);2-3H2,1H3,(H,5,6)/p-1. The van der Waals surface area contributed by atoms with Crippen molar-refractivity contribution < 1.29 is 22.9 Å². The van der Waals surface area contributed by atoms with Crippen LogP contribution in [0.15, 0.2) is 29.2 Å². The van der Waals surface area contributed by atoms with Gasteiger partial charge in [-0.2, -0.15) is 8.42 Å². The average molecular weight is 259 g/mol. The van der Waals surface area contributed by atoms with Gasteiger partial charge in [0.1, 0.15) is 0 Å². The molecule has 1 aromatic rings. The summed E-state index contributed by atoms with van der Waals surface area (Å²) in [7, 11) is -4.02. The zero-order valence-corrected chi connectivity index (χ0v) is 10.5. The summed E-state index contributed by atoms with van der Waals surface area (Å²) < 4.78 is 29.6. The smallest absolute Gasteiger partial charge is 0.294 e. The first-order valence-electron chi connectivity index (χ1n) is 5.01. The van der Waals surface area contributed by atoms with Crippen molar-refractivity contribution in [3.63, 3.8) is 0 Å². The quantitative estimate of drug-likeness (QED) is 0.809. The topological polar surface area (TPSA) is 94.5 Å². The van der Waals surface area contributed by atoms with Gasteiger partial charge in [-0.05, 0) is 25.5 Å². The van der Waals surface area contributed by atoms with Crippen molar-refractivity contribution >= 4 is 16.1 Å². The van der Waals surface area contributed by atoms with Crippen LogP contribution in [0.2, 0.25) is 0 Å². The summed E-state index contributed by atoms with van der Waals surface area (Å²) >= 11 is 0. The van der Waals surface area contributed by atoms with E-state index in [0.29, 0.717) is 6.42 Å². The molecule has 0 aromatic heterocycles. The van der Waals surface area contributed by atoms with Gasteiger partial charge in [0.2, 0.25) is 0 Å². The Morgan fingerprint density at radius 2 is 1.76 bits per heavy atom. The van der Waals surface area contributed by atoms with Gasteiger partial charge in [0, 0.05) is 5.97 Å². The lowest BCUT2D eigenvalue weighted by Gasteiger charge is -1.95. The first-order chi connectivity index (χ1) is 7.77. The summed E-state index contributed by atoms with van der Waals surface area (Å²) in [6, 6.07) is 5.99. The van der Waals surface area contributed by atoms with Crippen LogP contribution in [-0.4, -0.2) is 18.9 Å². The molecule has 0 amide bonds. The van der Waals surface area contributed by atoms with Crippen LogP contribution < -0.4 is 5.11 Å². The maximum atomic E-state index is 10.5. The van der Waals surface area contributed by atoms with Crippen molar-refractivity contribution in [3.8, 4) is 0 Å². The molecule has 0 aliphatic rings. The molecule has 0 bridgehead atoms. The zero-order valence-electron chi connectivity index (χ0n) is 9.71. The minimum atomic E-state index is -4.02.